The van der Waals surface area contributed by atoms with Crippen LogP contribution >= 0.6 is 0 Å². The third kappa shape index (κ3) is 3.57. The van der Waals surface area contributed by atoms with Gasteiger partial charge in [0.25, 0.3) is 0 Å². The number of hydrogen-bond donors (Lipinski definition) is 2. The monoisotopic (exact) mass is 262 g/mol. The molecule has 0 radical (unpaired) electrons. The van der Waals surface area contributed by atoms with Gasteiger partial charge in [0.2, 0.25) is 5.91 Å². The van der Waals surface area contributed by atoms with Crippen molar-refractivity contribution in [3.8, 4) is 0 Å². The standard InChI is InChI=1S/C16H26N2O/c1-6-9-12-10-7-8-11-13(12)18-14(19)15(2,3)16(4,5)17/h7-8,10-11H,6,9,17H2,1-5H3,(H,18,19). The summed E-state index contributed by atoms with van der Waals surface area (Å²) in [7, 11) is 0. The Hall–Kier alpha value is -1.35. The van der Waals surface area contributed by atoms with Gasteiger partial charge in [-0.3, -0.25) is 4.79 Å². The molecule has 1 rings (SSSR count). The maximum Gasteiger partial charge on any atom is 0.231 e. The van der Waals surface area contributed by atoms with Gasteiger partial charge in [-0.25, -0.2) is 0 Å². The van der Waals surface area contributed by atoms with Crippen LogP contribution in [-0.4, -0.2) is 11.4 Å². The highest BCUT2D eigenvalue weighted by Crippen LogP contribution is 2.30. The minimum atomic E-state index is -0.633. The second kappa shape index (κ2) is 5.74. The lowest BCUT2D eigenvalue weighted by Crippen LogP contribution is -2.53. The van der Waals surface area contributed by atoms with Gasteiger partial charge in [-0.1, -0.05) is 31.5 Å². The van der Waals surface area contributed by atoms with Crippen LogP contribution in [0.25, 0.3) is 0 Å². The summed E-state index contributed by atoms with van der Waals surface area (Å²) in [5, 5.41) is 3.02. The van der Waals surface area contributed by atoms with E-state index in [-0.39, 0.29) is 5.91 Å². The zero-order valence-corrected chi connectivity index (χ0v) is 12.7. The van der Waals surface area contributed by atoms with E-state index in [2.05, 4.69) is 18.3 Å². The van der Waals surface area contributed by atoms with Crippen molar-refractivity contribution in [3.63, 3.8) is 0 Å². The number of nitrogens with one attached hydrogen (secondary N) is 1. The van der Waals surface area contributed by atoms with E-state index in [1.54, 1.807) is 0 Å². The zero-order chi connectivity index (χ0) is 14.7. The third-order valence-electron chi connectivity index (χ3n) is 3.96. The molecule has 3 nitrogen and oxygen atoms in total. The van der Waals surface area contributed by atoms with E-state index < -0.39 is 11.0 Å². The van der Waals surface area contributed by atoms with Gasteiger partial charge in [-0.2, -0.15) is 0 Å². The van der Waals surface area contributed by atoms with E-state index >= 15 is 0 Å². The Bertz CT molecular complexity index is 444. The molecule has 0 saturated heterocycles. The summed E-state index contributed by atoms with van der Waals surface area (Å²) in [5.74, 6) is -0.0384. The number of rotatable bonds is 5. The number of amides is 1. The fraction of sp³-hybridized carbons (Fsp3) is 0.562. The van der Waals surface area contributed by atoms with Crippen molar-refractivity contribution < 1.29 is 4.79 Å². The summed E-state index contributed by atoms with van der Waals surface area (Å²) in [6, 6.07) is 7.94. The van der Waals surface area contributed by atoms with Crippen molar-refractivity contribution in [3.05, 3.63) is 29.8 Å². The van der Waals surface area contributed by atoms with E-state index in [0.29, 0.717) is 0 Å². The molecule has 1 amide bonds. The van der Waals surface area contributed by atoms with Crippen molar-refractivity contribution >= 4 is 11.6 Å². The predicted octanol–water partition coefficient (Wildman–Crippen LogP) is 3.34. The van der Waals surface area contributed by atoms with E-state index in [0.717, 1.165) is 18.5 Å². The van der Waals surface area contributed by atoms with Gasteiger partial charge in [0.15, 0.2) is 0 Å². The SMILES string of the molecule is CCCc1ccccc1NC(=O)C(C)(C)C(C)(C)N. The summed E-state index contributed by atoms with van der Waals surface area (Å²) >= 11 is 0. The maximum absolute atomic E-state index is 12.4. The lowest BCUT2D eigenvalue weighted by atomic mass is 9.74. The van der Waals surface area contributed by atoms with Crippen molar-refractivity contribution in [2.75, 3.05) is 5.32 Å². The van der Waals surface area contributed by atoms with Crippen LogP contribution in [0.5, 0.6) is 0 Å². The second-order valence-electron chi connectivity index (χ2n) is 6.21. The average Bonchev–Trinajstić information content (AvgIpc) is 2.30. The van der Waals surface area contributed by atoms with E-state index in [1.807, 2.05) is 45.9 Å². The fourth-order valence-electron chi connectivity index (χ4n) is 1.70. The molecule has 0 aliphatic heterocycles. The minimum absolute atomic E-state index is 0.0384. The Morgan fingerprint density at radius 1 is 1.21 bits per heavy atom. The molecule has 106 valence electrons. The van der Waals surface area contributed by atoms with Gasteiger partial charge in [0.05, 0.1) is 5.41 Å². The number of nitrogens with two attached hydrogens (primary N) is 1. The Balaban J connectivity index is 2.94. The average molecular weight is 262 g/mol. The largest absolute Gasteiger partial charge is 0.325 e. The first kappa shape index (κ1) is 15.7. The van der Waals surface area contributed by atoms with Gasteiger partial charge in [0, 0.05) is 11.2 Å². The predicted molar refractivity (Wildman–Crippen MR) is 81.1 cm³/mol. The molecule has 0 aromatic heterocycles. The summed E-state index contributed by atoms with van der Waals surface area (Å²) < 4.78 is 0. The topological polar surface area (TPSA) is 55.1 Å². The number of carbonyl (C=O) groups excluding carboxylic acids is 1. The van der Waals surface area contributed by atoms with Crippen LogP contribution in [0.15, 0.2) is 24.3 Å². The van der Waals surface area contributed by atoms with Gasteiger partial charge < -0.3 is 11.1 Å². The summed E-state index contributed by atoms with van der Waals surface area (Å²) in [5.41, 5.74) is 6.96. The summed E-state index contributed by atoms with van der Waals surface area (Å²) in [6.45, 7) is 9.65. The highest BCUT2D eigenvalue weighted by atomic mass is 16.2. The molecule has 0 aliphatic carbocycles. The van der Waals surface area contributed by atoms with Gasteiger partial charge in [-0.15, -0.1) is 0 Å². The van der Waals surface area contributed by atoms with Crippen LogP contribution < -0.4 is 11.1 Å². The Kier molecular flexibility index (Phi) is 4.75. The number of anilines is 1. The molecule has 1 aromatic rings. The normalized spacial score (nSPS) is 12.3. The summed E-state index contributed by atoms with van der Waals surface area (Å²) in [6.07, 6.45) is 2.02. The molecule has 0 saturated carbocycles. The van der Waals surface area contributed by atoms with Crippen molar-refractivity contribution in [1.82, 2.24) is 0 Å². The van der Waals surface area contributed by atoms with Crippen LogP contribution in [0.4, 0.5) is 5.69 Å². The highest BCUT2D eigenvalue weighted by Gasteiger charge is 2.40. The van der Waals surface area contributed by atoms with Crippen molar-refractivity contribution in [2.24, 2.45) is 11.1 Å². The molecule has 0 spiro atoms. The first-order valence-electron chi connectivity index (χ1n) is 6.88. The van der Waals surface area contributed by atoms with Gasteiger partial charge >= 0.3 is 0 Å². The van der Waals surface area contributed by atoms with Crippen molar-refractivity contribution in [1.29, 1.82) is 0 Å². The van der Waals surface area contributed by atoms with E-state index in [9.17, 15) is 4.79 Å². The van der Waals surface area contributed by atoms with E-state index in [4.69, 9.17) is 5.73 Å². The molecule has 0 atom stereocenters. The van der Waals surface area contributed by atoms with Crippen LogP contribution in [-0.2, 0) is 11.2 Å². The van der Waals surface area contributed by atoms with Crippen LogP contribution in [0.2, 0.25) is 0 Å². The van der Waals surface area contributed by atoms with Crippen molar-refractivity contribution in [2.45, 2.75) is 53.0 Å². The molecule has 0 fully saturated rings. The molecule has 0 bridgehead atoms. The lowest BCUT2D eigenvalue weighted by molar-refractivity contribution is -0.126. The molecule has 0 aliphatic rings. The molecular formula is C16H26N2O. The minimum Gasteiger partial charge on any atom is -0.325 e. The van der Waals surface area contributed by atoms with E-state index in [1.165, 1.54) is 5.56 Å². The smallest absolute Gasteiger partial charge is 0.231 e. The number of benzene rings is 1. The molecular weight excluding hydrogens is 236 g/mol. The van der Waals surface area contributed by atoms with Crippen LogP contribution in [0, 0.1) is 5.41 Å². The number of hydrogen-bond acceptors (Lipinski definition) is 2. The first-order chi connectivity index (χ1) is 8.70. The molecule has 1 aromatic carbocycles. The van der Waals surface area contributed by atoms with Gasteiger partial charge in [-0.05, 0) is 45.7 Å². The number of carbonyl (C=O) groups is 1. The Morgan fingerprint density at radius 3 is 2.32 bits per heavy atom. The fourth-order valence-corrected chi connectivity index (χ4v) is 1.70. The molecule has 3 heteroatoms. The lowest BCUT2D eigenvalue weighted by Gasteiger charge is -2.37. The molecule has 19 heavy (non-hydrogen) atoms. The molecule has 0 unspecified atom stereocenters. The highest BCUT2D eigenvalue weighted by molar-refractivity contribution is 5.96. The number of para-hydroxylation sites is 1. The van der Waals surface area contributed by atoms with Crippen LogP contribution in [0.3, 0.4) is 0 Å². The molecule has 3 N–H and O–H groups in total. The third-order valence-corrected chi connectivity index (χ3v) is 3.96. The maximum atomic E-state index is 12.4. The number of aryl methyl sites for hydroxylation is 1. The Morgan fingerprint density at radius 2 is 1.79 bits per heavy atom. The molecule has 0 heterocycles. The first-order valence-corrected chi connectivity index (χ1v) is 6.88. The van der Waals surface area contributed by atoms with Gasteiger partial charge in [0.1, 0.15) is 0 Å². The van der Waals surface area contributed by atoms with Crippen LogP contribution in [0.1, 0.15) is 46.6 Å². The summed E-state index contributed by atoms with van der Waals surface area (Å²) in [4.78, 5) is 12.4. The second-order valence-corrected chi connectivity index (χ2v) is 6.21. The Labute approximate surface area is 116 Å². The quantitative estimate of drug-likeness (QED) is 0.855. The zero-order valence-electron chi connectivity index (χ0n) is 12.7.